The number of rotatable bonds is 2. The van der Waals surface area contributed by atoms with Crippen molar-refractivity contribution in [3.63, 3.8) is 0 Å². The van der Waals surface area contributed by atoms with Crippen LogP contribution in [-0.2, 0) is 0 Å². The van der Waals surface area contributed by atoms with E-state index in [1.54, 1.807) is 0 Å². The van der Waals surface area contributed by atoms with Crippen LogP contribution in [0.1, 0.15) is 43.1 Å². The van der Waals surface area contributed by atoms with Gasteiger partial charge in [0, 0.05) is 32.7 Å². The number of nitrogens with zero attached hydrogens (tertiary/aromatic N) is 4. The fourth-order valence-electron chi connectivity index (χ4n) is 3.45. The molecule has 5 rings (SSSR count). The number of fused-ring (bicyclic) bond motifs is 3. The summed E-state index contributed by atoms with van der Waals surface area (Å²) in [6, 6.07) is 0.606. The molecule has 0 spiro atoms. The Balaban J connectivity index is 1.51. The van der Waals surface area contributed by atoms with Gasteiger partial charge in [0.25, 0.3) is 0 Å². The lowest BCUT2D eigenvalue weighted by atomic mass is 10.0. The lowest BCUT2D eigenvalue weighted by molar-refractivity contribution is 0.00781. The molecule has 104 valence electrons. The van der Waals surface area contributed by atoms with Crippen molar-refractivity contribution in [3.8, 4) is 0 Å². The maximum atomic E-state index is 5.50. The van der Waals surface area contributed by atoms with Gasteiger partial charge in [-0.1, -0.05) is 11.6 Å². The summed E-state index contributed by atoms with van der Waals surface area (Å²) in [6.07, 6.45) is 3.61. The fourth-order valence-corrected chi connectivity index (χ4v) is 3.45. The van der Waals surface area contributed by atoms with Crippen LogP contribution in [0.15, 0.2) is 4.52 Å². The Kier molecular flexibility index (Phi) is 3.01. The van der Waals surface area contributed by atoms with E-state index < -0.39 is 0 Å². The third kappa shape index (κ3) is 2.17. The summed E-state index contributed by atoms with van der Waals surface area (Å²) in [5, 5.41) is 7.70. The van der Waals surface area contributed by atoms with Crippen LogP contribution < -0.4 is 5.32 Å². The highest BCUT2D eigenvalue weighted by atomic mass is 16.5. The van der Waals surface area contributed by atoms with E-state index in [0.717, 1.165) is 44.3 Å². The first-order valence-corrected chi connectivity index (χ1v) is 7.43. The number of hydrogen-bond donors (Lipinski definition) is 1. The van der Waals surface area contributed by atoms with E-state index in [2.05, 4.69) is 25.3 Å². The average Bonchev–Trinajstić information content (AvgIpc) is 2.99. The normalized spacial score (nSPS) is 38.5. The largest absolute Gasteiger partial charge is 0.338 e. The van der Waals surface area contributed by atoms with Gasteiger partial charge in [-0.2, -0.15) is 4.98 Å². The molecule has 0 aliphatic carbocycles. The summed E-state index contributed by atoms with van der Waals surface area (Å²) >= 11 is 0. The highest BCUT2D eigenvalue weighted by Crippen LogP contribution is 2.28. The van der Waals surface area contributed by atoms with E-state index in [1.165, 1.54) is 25.9 Å². The quantitative estimate of drug-likeness (QED) is 0.841. The van der Waals surface area contributed by atoms with Crippen LogP contribution in [0.3, 0.4) is 0 Å². The second-order valence-electron chi connectivity index (χ2n) is 5.85. The van der Waals surface area contributed by atoms with E-state index >= 15 is 0 Å². The summed E-state index contributed by atoms with van der Waals surface area (Å²) in [5.41, 5.74) is 0. The van der Waals surface area contributed by atoms with Gasteiger partial charge in [0.05, 0.1) is 12.1 Å². The number of piperidine rings is 1. The molecule has 5 heterocycles. The van der Waals surface area contributed by atoms with Gasteiger partial charge in [-0.25, -0.2) is 0 Å². The number of hydrogen-bond acceptors (Lipinski definition) is 6. The smallest absolute Gasteiger partial charge is 0.243 e. The molecule has 0 saturated carbocycles. The lowest BCUT2D eigenvalue weighted by Crippen LogP contribution is -2.57. The Bertz CT molecular complexity index is 434. The molecule has 4 saturated heterocycles. The molecule has 1 N–H and O–H groups in total. The molecule has 0 radical (unpaired) electrons. The molecule has 1 unspecified atom stereocenters. The lowest BCUT2D eigenvalue weighted by Gasteiger charge is -2.46. The molecule has 6 nitrogen and oxygen atoms in total. The molecule has 19 heavy (non-hydrogen) atoms. The van der Waals surface area contributed by atoms with Crippen molar-refractivity contribution in [1.29, 1.82) is 0 Å². The SMILES string of the molecule is C1CC[C@@H](c2nc(C3CN4CCN3CC4)no2)NC1. The van der Waals surface area contributed by atoms with Crippen molar-refractivity contribution in [2.45, 2.75) is 31.3 Å². The summed E-state index contributed by atoms with van der Waals surface area (Å²) in [4.78, 5) is 9.66. The van der Waals surface area contributed by atoms with Crippen LogP contribution in [-0.4, -0.2) is 59.2 Å². The second kappa shape index (κ2) is 4.85. The van der Waals surface area contributed by atoms with Gasteiger partial charge in [-0.15, -0.1) is 0 Å². The van der Waals surface area contributed by atoms with E-state index in [1.807, 2.05) is 0 Å². The number of piperazine rings is 3. The minimum atomic E-state index is 0.270. The standard InChI is InChI=1S/C13H21N5O/c1-2-4-14-10(3-1)13-15-12(16-19-13)11-9-17-5-7-18(11)8-6-17/h10-11,14H,1-9H2/t10-,11?/m0/s1. The molecule has 2 bridgehead atoms. The molecule has 6 heteroatoms. The van der Waals surface area contributed by atoms with Gasteiger partial charge in [-0.3, -0.25) is 9.80 Å². The Labute approximate surface area is 113 Å². The molecular formula is C13H21N5O. The van der Waals surface area contributed by atoms with Gasteiger partial charge >= 0.3 is 0 Å². The average molecular weight is 263 g/mol. The molecule has 0 amide bonds. The highest BCUT2D eigenvalue weighted by molar-refractivity contribution is 5.03. The fraction of sp³-hybridized carbons (Fsp3) is 0.846. The Hall–Kier alpha value is -0.980. The Morgan fingerprint density at radius 1 is 1.16 bits per heavy atom. The van der Waals surface area contributed by atoms with Crippen LogP contribution in [0.4, 0.5) is 0 Å². The van der Waals surface area contributed by atoms with Crippen LogP contribution in [0.5, 0.6) is 0 Å². The molecule has 1 aromatic rings. The maximum Gasteiger partial charge on any atom is 0.243 e. The van der Waals surface area contributed by atoms with Crippen molar-refractivity contribution in [2.75, 3.05) is 39.3 Å². The maximum absolute atomic E-state index is 5.50. The molecule has 2 atom stereocenters. The van der Waals surface area contributed by atoms with Gasteiger partial charge in [-0.05, 0) is 19.4 Å². The third-order valence-corrected chi connectivity index (χ3v) is 4.64. The van der Waals surface area contributed by atoms with Crippen molar-refractivity contribution >= 4 is 0 Å². The molecule has 4 aliphatic heterocycles. The van der Waals surface area contributed by atoms with Crippen molar-refractivity contribution in [2.24, 2.45) is 0 Å². The summed E-state index contributed by atoms with van der Waals surface area (Å²) in [7, 11) is 0. The first-order valence-electron chi connectivity index (χ1n) is 7.43. The molecule has 4 aliphatic rings. The topological polar surface area (TPSA) is 57.4 Å². The zero-order valence-corrected chi connectivity index (χ0v) is 11.2. The van der Waals surface area contributed by atoms with Crippen molar-refractivity contribution in [3.05, 3.63) is 11.7 Å². The van der Waals surface area contributed by atoms with Gasteiger partial charge in [0.1, 0.15) is 0 Å². The number of aromatic nitrogens is 2. The minimum Gasteiger partial charge on any atom is -0.338 e. The Morgan fingerprint density at radius 3 is 2.74 bits per heavy atom. The van der Waals surface area contributed by atoms with E-state index in [-0.39, 0.29) is 6.04 Å². The molecule has 4 fully saturated rings. The summed E-state index contributed by atoms with van der Waals surface area (Å²) < 4.78 is 5.50. The highest BCUT2D eigenvalue weighted by Gasteiger charge is 2.36. The first kappa shape index (κ1) is 11.8. The number of nitrogens with one attached hydrogen (secondary N) is 1. The van der Waals surface area contributed by atoms with Crippen LogP contribution in [0.2, 0.25) is 0 Å². The second-order valence-corrected chi connectivity index (χ2v) is 5.85. The predicted molar refractivity (Wildman–Crippen MR) is 69.6 cm³/mol. The van der Waals surface area contributed by atoms with Gasteiger partial charge in [0.15, 0.2) is 5.82 Å². The minimum absolute atomic E-state index is 0.270. The molecule has 1 aromatic heterocycles. The van der Waals surface area contributed by atoms with Crippen LogP contribution in [0.25, 0.3) is 0 Å². The van der Waals surface area contributed by atoms with E-state index in [0.29, 0.717) is 6.04 Å². The van der Waals surface area contributed by atoms with Gasteiger partial charge < -0.3 is 9.84 Å². The summed E-state index contributed by atoms with van der Waals surface area (Å²) in [6.45, 7) is 6.76. The monoisotopic (exact) mass is 263 g/mol. The van der Waals surface area contributed by atoms with Crippen LogP contribution in [0, 0.1) is 0 Å². The summed E-state index contributed by atoms with van der Waals surface area (Å²) in [5.74, 6) is 1.67. The van der Waals surface area contributed by atoms with Crippen LogP contribution >= 0.6 is 0 Å². The first-order chi connectivity index (χ1) is 9.40. The van der Waals surface area contributed by atoms with E-state index in [4.69, 9.17) is 4.52 Å². The van der Waals surface area contributed by atoms with E-state index in [9.17, 15) is 0 Å². The zero-order valence-electron chi connectivity index (χ0n) is 11.2. The predicted octanol–water partition coefficient (Wildman–Crippen LogP) is 0.556. The van der Waals surface area contributed by atoms with Crippen molar-refractivity contribution in [1.82, 2.24) is 25.3 Å². The third-order valence-electron chi connectivity index (χ3n) is 4.64. The molecular weight excluding hydrogens is 242 g/mol. The Morgan fingerprint density at radius 2 is 2.05 bits per heavy atom. The molecule has 0 aromatic carbocycles. The van der Waals surface area contributed by atoms with Gasteiger partial charge in [0.2, 0.25) is 5.89 Å². The van der Waals surface area contributed by atoms with Crippen molar-refractivity contribution < 1.29 is 4.52 Å². The zero-order chi connectivity index (χ0) is 12.7.